The lowest BCUT2D eigenvalue weighted by molar-refractivity contribution is -0.137. The van der Waals surface area contributed by atoms with E-state index in [1.54, 1.807) is 0 Å². The van der Waals surface area contributed by atoms with Crippen molar-refractivity contribution in [3.63, 3.8) is 0 Å². The summed E-state index contributed by atoms with van der Waals surface area (Å²) < 4.78 is 52.4. The molecular formula is C13H9BrF4N2. The van der Waals surface area contributed by atoms with Crippen molar-refractivity contribution in [3.05, 3.63) is 57.9 Å². The Hall–Kier alpha value is -1.63. The van der Waals surface area contributed by atoms with E-state index in [-0.39, 0.29) is 17.9 Å². The second-order valence-electron chi connectivity index (χ2n) is 3.99. The van der Waals surface area contributed by atoms with Crippen molar-refractivity contribution < 1.29 is 17.6 Å². The third kappa shape index (κ3) is 3.47. The van der Waals surface area contributed by atoms with E-state index in [1.165, 1.54) is 30.5 Å². The summed E-state index contributed by atoms with van der Waals surface area (Å²) in [5.74, 6) is -0.815. The molecule has 0 aliphatic carbocycles. The first-order valence-corrected chi connectivity index (χ1v) is 6.37. The predicted octanol–water partition coefficient (Wildman–Crippen LogP) is 4.61. The maximum atomic E-state index is 13.5. The molecule has 106 valence electrons. The molecule has 2 nitrogen and oxygen atoms in total. The fourth-order valence-electron chi connectivity index (χ4n) is 1.63. The number of nitrogens with zero attached hydrogens (tertiary/aromatic N) is 1. The van der Waals surface area contributed by atoms with Gasteiger partial charge in [-0.25, -0.2) is 9.37 Å². The number of halogens is 5. The number of aromatic nitrogens is 1. The van der Waals surface area contributed by atoms with E-state index in [0.29, 0.717) is 4.47 Å². The number of rotatable bonds is 3. The van der Waals surface area contributed by atoms with Crippen LogP contribution in [0.5, 0.6) is 0 Å². The molecule has 0 atom stereocenters. The zero-order valence-electron chi connectivity index (χ0n) is 10.0. The van der Waals surface area contributed by atoms with Crippen LogP contribution in [0.1, 0.15) is 11.1 Å². The summed E-state index contributed by atoms with van der Waals surface area (Å²) in [7, 11) is 0. The van der Waals surface area contributed by atoms with Gasteiger partial charge in [-0.3, -0.25) is 0 Å². The Balaban J connectivity index is 2.21. The fraction of sp³-hybridized carbons (Fsp3) is 0.154. The Morgan fingerprint density at radius 3 is 2.65 bits per heavy atom. The summed E-state index contributed by atoms with van der Waals surface area (Å²) in [6.45, 7) is -0.0919. The van der Waals surface area contributed by atoms with Crippen molar-refractivity contribution in [2.75, 3.05) is 5.32 Å². The molecule has 1 aromatic carbocycles. The maximum absolute atomic E-state index is 13.5. The first-order chi connectivity index (χ1) is 9.38. The third-order valence-electron chi connectivity index (χ3n) is 2.57. The molecule has 1 heterocycles. The minimum Gasteiger partial charge on any atom is -0.365 e. The second kappa shape index (κ2) is 5.78. The monoisotopic (exact) mass is 348 g/mol. The van der Waals surface area contributed by atoms with Crippen LogP contribution in [0.3, 0.4) is 0 Å². The van der Waals surface area contributed by atoms with Crippen molar-refractivity contribution in [2.24, 2.45) is 0 Å². The van der Waals surface area contributed by atoms with Gasteiger partial charge >= 0.3 is 6.18 Å². The summed E-state index contributed by atoms with van der Waals surface area (Å²) in [4.78, 5) is 3.65. The van der Waals surface area contributed by atoms with Gasteiger partial charge in [-0.2, -0.15) is 13.2 Å². The quantitative estimate of drug-likeness (QED) is 0.819. The smallest absolute Gasteiger partial charge is 0.365 e. The first-order valence-electron chi connectivity index (χ1n) is 5.58. The zero-order chi connectivity index (χ0) is 14.8. The van der Waals surface area contributed by atoms with E-state index in [2.05, 4.69) is 26.2 Å². The highest BCUT2D eigenvalue weighted by Crippen LogP contribution is 2.33. The third-order valence-corrected chi connectivity index (χ3v) is 3.06. The van der Waals surface area contributed by atoms with Gasteiger partial charge in [0.2, 0.25) is 0 Å². The number of anilines is 1. The molecule has 20 heavy (non-hydrogen) atoms. The van der Waals surface area contributed by atoms with Gasteiger partial charge in [0.15, 0.2) is 0 Å². The van der Waals surface area contributed by atoms with Crippen LogP contribution in [0, 0.1) is 5.82 Å². The number of pyridine rings is 1. The Morgan fingerprint density at radius 1 is 1.20 bits per heavy atom. The van der Waals surface area contributed by atoms with Gasteiger partial charge in [-0.05, 0) is 30.3 Å². The number of hydrogen-bond donors (Lipinski definition) is 1. The van der Waals surface area contributed by atoms with Crippen molar-refractivity contribution in [1.29, 1.82) is 0 Å². The van der Waals surface area contributed by atoms with Crippen molar-refractivity contribution in [2.45, 2.75) is 12.7 Å². The molecule has 0 saturated heterocycles. The highest BCUT2D eigenvalue weighted by Gasteiger charge is 2.34. The number of nitrogens with one attached hydrogen (secondary N) is 1. The van der Waals surface area contributed by atoms with E-state index in [4.69, 9.17) is 0 Å². The van der Waals surface area contributed by atoms with Gasteiger partial charge in [0.05, 0.1) is 5.56 Å². The molecule has 0 unspecified atom stereocenters. The minimum atomic E-state index is -4.51. The Labute approximate surface area is 121 Å². The van der Waals surface area contributed by atoms with Crippen molar-refractivity contribution >= 4 is 21.7 Å². The van der Waals surface area contributed by atoms with Gasteiger partial charge in [0.25, 0.3) is 0 Å². The average Bonchev–Trinajstić information content (AvgIpc) is 2.39. The maximum Gasteiger partial charge on any atom is 0.419 e. The zero-order valence-corrected chi connectivity index (χ0v) is 11.6. The molecule has 0 spiro atoms. The Kier molecular flexibility index (Phi) is 4.27. The minimum absolute atomic E-state index is 0.0919. The van der Waals surface area contributed by atoms with Crippen LogP contribution >= 0.6 is 15.9 Å². The molecule has 0 fully saturated rings. The van der Waals surface area contributed by atoms with Gasteiger partial charge in [0.1, 0.15) is 11.6 Å². The molecule has 0 aliphatic heterocycles. The normalized spacial score (nSPS) is 11.4. The first kappa shape index (κ1) is 14.8. The van der Waals surface area contributed by atoms with Crippen LogP contribution in [-0.2, 0) is 12.7 Å². The lowest BCUT2D eigenvalue weighted by Crippen LogP contribution is -2.12. The van der Waals surface area contributed by atoms with Crippen LogP contribution in [0.25, 0.3) is 0 Å². The highest BCUT2D eigenvalue weighted by atomic mass is 79.9. The molecule has 2 rings (SSSR count). The van der Waals surface area contributed by atoms with E-state index in [1.807, 2.05) is 0 Å². The fourth-order valence-corrected chi connectivity index (χ4v) is 2.04. The summed E-state index contributed by atoms with van der Waals surface area (Å²) in [5, 5.41) is 2.51. The van der Waals surface area contributed by atoms with E-state index < -0.39 is 17.6 Å². The summed E-state index contributed by atoms with van der Waals surface area (Å²) >= 11 is 3.18. The SMILES string of the molecule is Fc1ccc(Br)cc1CNc1ncccc1C(F)(F)F. The lowest BCUT2D eigenvalue weighted by Gasteiger charge is -2.13. The molecule has 0 bridgehead atoms. The molecule has 1 N–H and O–H groups in total. The van der Waals surface area contributed by atoms with E-state index in [9.17, 15) is 17.6 Å². The van der Waals surface area contributed by atoms with Gasteiger partial charge in [-0.15, -0.1) is 0 Å². The molecule has 7 heteroatoms. The van der Waals surface area contributed by atoms with E-state index in [0.717, 1.165) is 6.07 Å². The highest BCUT2D eigenvalue weighted by molar-refractivity contribution is 9.10. The predicted molar refractivity (Wildman–Crippen MR) is 70.7 cm³/mol. The number of alkyl halides is 3. The second-order valence-corrected chi connectivity index (χ2v) is 4.90. The van der Waals surface area contributed by atoms with Gasteiger partial charge in [0, 0.05) is 22.8 Å². The number of benzene rings is 1. The van der Waals surface area contributed by atoms with Crippen LogP contribution in [0.15, 0.2) is 41.0 Å². The summed E-state index contributed by atoms with van der Waals surface area (Å²) in [6, 6.07) is 6.38. The number of hydrogen-bond acceptors (Lipinski definition) is 2. The summed E-state index contributed by atoms with van der Waals surface area (Å²) in [5.41, 5.74) is -0.631. The molecule has 2 aromatic rings. The van der Waals surface area contributed by atoms with Crippen LogP contribution in [-0.4, -0.2) is 4.98 Å². The standard InChI is InChI=1S/C13H9BrF4N2/c14-9-3-4-11(15)8(6-9)7-20-12-10(13(16,17)18)2-1-5-19-12/h1-6H,7H2,(H,19,20). The van der Waals surface area contributed by atoms with Gasteiger partial charge < -0.3 is 5.32 Å². The van der Waals surface area contributed by atoms with Crippen molar-refractivity contribution in [1.82, 2.24) is 4.98 Å². The van der Waals surface area contributed by atoms with Crippen LogP contribution in [0.4, 0.5) is 23.4 Å². The average molecular weight is 349 g/mol. The topological polar surface area (TPSA) is 24.9 Å². The molecule has 0 amide bonds. The molecular weight excluding hydrogens is 340 g/mol. The lowest BCUT2D eigenvalue weighted by atomic mass is 10.2. The van der Waals surface area contributed by atoms with Crippen molar-refractivity contribution in [3.8, 4) is 0 Å². The van der Waals surface area contributed by atoms with E-state index >= 15 is 0 Å². The Bertz CT molecular complexity index is 614. The Morgan fingerprint density at radius 2 is 1.95 bits per heavy atom. The molecule has 0 radical (unpaired) electrons. The summed E-state index contributed by atoms with van der Waals surface area (Å²) in [6.07, 6.45) is -3.26. The largest absolute Gasteiger partial charge is 0.419 e. The molecule has 0 saturated carbocycles. The molecule has 1 aromatic heterocycles. The van der Waals surface area contributed by atoms with Gasteiger partial charge in [-0.1, -0.05) is 15.9 Å². The van der Waals surface area contributed by atoms with Crippen LogP contribution < -0.4 is 5.32 Å². The van der Waals surface area contributed by atoms with Crippen LogP contribution in [0.2, 0.25) is 0 Å². The molecule has 0 aliphatic rings.